The van der Waals surface area contributed by atoms with Gasteiger partial charge in [0, 0.05) is 5.92 Å². The highest BCUT2D eigenvalue weighted by Gasteiger charge is 2.43. The van der Waals surface area contributed by atoms with Crippen molar-refractivity contribution in [1.82, 2.24) is 0 Å². The van der Waals surface area contributed by atoms with Gasteiger partial charge >= 0.3 is 7.32 Å². The number of benzene rings is 3. The predicted octanol–water partition coefficient (Wildman–Crippen LogP) is 4.22. The minimum absolute atomic E-state index is 0.400. The highest BCUT2D eigenvalue weighted by molar-refractivity contribution is 6.30. The van der Waals surface area contributed by atoms with Gasteiger partial charge in [0.15, 0.2) is 0 Å². The van der Waals surface area contributed by atoms with Crippen LogP contribution in [0.25, 0.3) is 0 Å². The summed E-state index contributed by atoms with van der Waals surface area (Å²) in [6.45, 7) is 1.84. The third-order valence-corrected chi connectivity index (χ3v) is 5.00. The van der Waals surface area contributed by atoms with Gasteiger partial charge in [-0.25, -0.2) is 13.2 Å². The Balaban J connectivity index is 0.000000739. The largest absolute Gasteiger partial charge is 0.832 e. The Morgan fingerprint density at radius 3 is 1.41 bits per heavy atom. The topological polar surface area (TPSA) is 52.5 Å². The Kier molecular flexibility index (Phi) is 9.47. The maximum atomic E-state index is 13.6. The molecule has 34 heavy (non-hydrogen) atoms. The Morgan fingerprint density at radius 2 is 1.12 bits per heavy atom. The highest BCUT2D eigenvalue weighted by Crippen LogP contribution is 2.47. The van der Waals surface area contributed by atoms with Gasteiger partial charge in [-0.2, -0.15) is 0 Å². The van der Waals surface area contributed by atoms with E-state index >= 15 is 0 Å². The molecule has 0 spiro atoms. The molecular formula is C26H31BF3NO3. The Hall–Kier alpha value is -2.65. The molecular weight excluding hydrogens is 442 g/mol. The lowest BCUT2D eigenvalue weighted by molar-refractivity contribution is -0.849. The van der Waals surface area contributed by atoms with Crippen LogP contribution in [0.3, 0.4) is 0 Å². The van der Waals surface area contributed by atoms with E-state index in [1.807, 2.05) is 6.92 Å². The lowest BCUT2D eigenvalue weighted by Gasteiger charge is -2.44. The molecule has 3 aromatic carbocycles. The van der Waals surface area contributed by atoms with E-state index in [2.05, 4.69) is 28.2 Å². The number of halogens is 3. The van der Waals surface area contributed by atoms with Gasteiger partial charge in [-0.1, -0.05) is 43.3 Å². The molecule has 0 saturated carbocycles. The molecule has 0 saturated heterocycles. The third-order valence-electron chi connectivity index (χ3n) is 5.00. The molecule has 4 nitrogen and oxygen atoms in total. The molecule has 0 aromatic heterocycles. The van der Waals surface area contributed by atoms with Crippen LogP contribution in [0, 0.1) is 17.5 Å². The summed E-state index contributed by atoms with van der Waals surface area (Å²) in [5.41, 5.74) is -0.119. The smallest absolute Gasteiger partial charge is 0.343 e. The summed E-state index contributed by atoms with van der Waals surface area (Å²) < 4.78 is 47.3. The molecule has 0 amide bonds. The van der Waals surface area contributed by atoms with E-state index in [-0.39, 0.29) is 0 Å². The van der Waals surface area contributed by atoms with Crippen molar-refractivity contribution >= 4 is 7.32 Å². The van der Waals surface area contributed by atoms with Crippen LogP contribution in [0.2, 0.25) is 0 Å². The van der Waals surface area contributed by atoms with Gasteiger partial charge in [-0.15, -0.1) is 0 Å². The number of hydrogen-bond donors (Lipinski definition) is 1. The summed E-state index contributed by atoms with van der Waals surface area (Å²) in [5.74, 6) is -1.97. The molecule has 0 aliphatic carbocycles. The SMILES string of the molecule is CCC(c1ccc(F)cc1)C(OB([O-])O)(c1ccc(F)cc1)c1ccc(F)cc1.C[N+](C)(C)C. The first kappa shape index (κ1) is 27.6. The summed E-state index contributed by atoms with van der Waals surface area (Å²) in [4.78, 5) is 0. The molecule has 1 N–H and O–H groups in total. The average molecular weight is 473 g/mol. The quantitative estimate of drug-likeness (QED) is 0.413. The maximum Gasteiger partial charge on any atom is 0.343 e. The van der Waals surface area contributed by atoms with Crippen molar-refractivity contribution in [2.24, 2.45) is 0 Å². The van der Waals surface area contributed by atoms with Crippen molar-refractivity contribution in [1.29, 1.82) is 0 Å². The molecule has 0 aliphatic heterocycles. The second kappa shape index (κ2) is 11.7. The van der Waals surface area contributed by atoms with Crippen LogP contribution in [-0.4, -0.2) is 45.0 Å². The van der Waals surface area contributed by atoms with Crippen molar-refractivity contribution in [2.75, 3.05) is 28.2 Å². The number of rotatable bonds is 7. The van der Waals surface area contributed by atoms with E-state index in [9.17, 15) is 23.2 Å². The summed E-state index contributed by atoms with van der Waals surface area (Å²) in [5, 5.41) is 21.5. The van der Waals surface area contributed by atoms with Crippen molar-refractivity contribution in [2.45, 2.75) is 24.9 Å². The molecule has 0 bridgehead atoms. The average Bonchev–Trinajstić information content (AvgIpc) is 2.74. The standard InChI is InChI=1S/C22H19BF3O3.C4H12N/c1-2-21(15-3-9-18(24)10-4-15)22(29-23(27)28,16-5-11-19(25)12-6-16)17-7-13-20(26)14-8-17;1-5(2,3)4/h3-14,21,27H,2H2,1H3;1-4H3/q-1;+1. The molecule has 8 heteroatoms. The van der Waals surface area contributed by atoms with Gasteiger partial charge in [0.05, 0.1) is 28.2 Å². The first-order valence-corrected chi connectivity index (χ1v) is 10.9. The van der Waals surface area contributed by atoms with Crippen molar-refractivity contribution < 1.29 is 32.4 Å². The minimum Gasteiger partial charge on any atom is -0.832 e. The summed E-state index contributed by atoms with van der Waals surface area (Å²) in [6.07, 6.45) is 0.424. The van der Waals surface area contributed by atoms with E-state index in [1.165, 1.54) is 60.7 Å². The second-order valence-corrected chi connectivity index (χ2v) is 9.37. The maximum absolute atomic E-state index is 13.6. The Morgan fingerprint density at radius 1 is 0.794 bits per heavy atom. The molecule has 182 valence electrons. The first-order chi connectivity index (χ1) is 15.9. The zero-order valence-corrected chi connectivity index (χ0v) is 20.1. The fraction of sp³-hybridized carbons (Fsp3) is 0.308. The molecule has 3 rings (SSSR count). The van der Waals surface area contributed by atoms with Gasteiger partial charge in [-0.05, 0) is 59.5 Å². The fourth-order valence-corrected chi connectivity index (χ4v) is 3.79. The number of quaternary nitrogens is 1. The monoisotopic (exact) mass is 473 g/mol. The summed E-state index contributed by atoms with van der Waals surface area (Å²) in [6, 6.07) is 16.4. The summed E-state index contributed by atoms with van der Waals surface area (Å²) >= 11 is 0. The van der Waals surface area contributed by atoms with Crippen LogP contribution >= 0.6 is 0 Å². The third kappa shape index (κ3) is 7.43. The molecule has 3 aromatic rings. The van der Waals surface area contributed by atoms with Gasteiger partial charge in [0.2, 0.25) is 0 Å². The molecule has 1 unspecified atom stereocenters. The van der Waals surface area contributed by atoms with Crippen molar-refractivity contribution in [3.63, 3.8) is 0 Å². The lowest BCUT2D eigenvalue weighted by atomic mass is 9.71. The van der Waals surface area contributed by atoms with E-state index in [0.717, 1.165) is 4.48 Å². The van der Waals surface area contributed by atoms with Gasteiger partial charge in [0.1, 0.15) is 23.1 Å². The fourth-order valence-electron chi connectivity index (χ4n) is 3.79. The van der Waals surface area contributed by atoms with E-state index < -0.39 is 36.3 Å². The van der Waals surface area contributed by atoms with E-state index in [1.54, 1.807) is 12.1 Å². The van der Waals surface area contributed by atoms with Crippen LogP contribution in [0.15, 0.2) is 72.8 Å². The van der Waals surface area contributed by atoms with Crippen LogP contribution in [0.5, 0.6) is 0 Å². The van der Waals surface area contributed by atoms with Crippen LogP contribution in [0.1, 0.15) is 36.0 Å². The number of nitrogens with zero attached hydrogens (tertiary/aromatic N) is 1. The minimum atomic E-state index is -2.42. The van der Waals surface area contributed by atoms with Crippen molar-refractivity contribution in [3.05, 3.63) is 107 Å². The van der Waals surface area contributed by atoms with Gasteiger partial charge in [0.25, 0.3) is 0 Å². The molecule has 0 fully saturated rings. The predicted molar refractivity (Wildman–Crippen MR) is 126 cm³/mol. The zero-order valence-electron chi connectivity index (χ0n) is 20.1. The molecule has 1 atom stereocenters. The van der Waals surface area contributed by atoms with Gasteiger partial charge in [-0.3, -0.25) is 0 Å². The second-order valence-electron chi connectivity index (χ2n) is 9.37. The van der Waals surface area contributed by atoms with Crippen LogP contribution in [0.4, 0.5) is 13.2 Å². The van der Waals surface area contributed by atoms with E-state index in [0.29, 0.717) is 23.1 Å². The van der Waals surface area contributed by atoms with E-state index in [4.69, 9.17) is 4.65 Å². The lowest BCUT2D eigenvalue weighted by Crippen LogP contribution is -2.48. The Labute approximate surface area is 200 Å². The van der Waals surface area contributed by atoms with Crippen LogP contribution < -0.4 is 5.02 Å². The van der Waals surface area contributed by atoms with Gasteiger partial charge < -0.3 is 19.2 Å². The summed E-state index contributed by atoms with van der Waals surface area (Å²) in [7, 11) is 6.08. The van der Waals surface area contributed by atoms with Crippen LogP contribution in [-0.2, 0) is 10.3 Å². The Bertz CT molecular complexity index is 970. The zero-order chi connectivity index (χ0) is 25.5. The first-order valence-electron chi connectivity index (χ1n) is 10.9. The number of hydrogen-bond acceptors (Lipinski definition) is 3. The highest BCUT2D eigenvalue weighted by atomic mass is 19.1. The normalized spacial score (nSPS) is 12.5. The van der Waals surface area contributed by atoms with Crippen molar-refractivity contribution in [3.8, 4) is 0 Å². The molecule has 0 aliphatic rings. The molecule has 0 heterocycles. The molecule has 0 radical (unpaired) electrons.